The molecule has 0 aliphatic rings. The fraction of sp³-hybridized carbons (Fsp3) is 0. The summed E-state index contributed by atoms with van der Waals surface area (Å²) in [4.78, 5) is 10.0. The summed E-state index contributed by atoms with van der Waals surface area (Å²) in [6, 6.07) is 14.4. The highest BCUT2D eigenvalue weighted by Gasteiger charge is 2.11. The molecular weight excluding hydrogens is 298 g/mol. The first kappa shape index (κ1) is 12.5. The Morgan fingerprint density at radius 1 is 1.05 bits per heavy atom. The molecule has 0 saturated carbocycles. The van der Waals surface area contributed by atoms with Crippen molar-refractivity contribution in [2.24, 2.45) is 0 Å². The lowest BCUT2D eigenvalue weighted by Crippen LogP contribution is -1.92. The normalized spacial score (nSPS) is 11.0. The van der Waals surface area contributed by atoms with Gasteiger partial charge in [-0.25, -0.2) is 9.97 Å². The standard InChI is InChI=1S/C16H11N3S2/c17-15-11(5-3-7-18-15)16-19-12(9-20-16)14-8-10-4-1-2-6-13(10)21-14/h1-9H,(H2,17,18). The van der Waals surface area contributed by atoms with Gasteiger partial charge in [-0.2, -0.15) is 0 Å². The molecule has 5 heteroatoms. The van der Waals surface area contributed by atoms with E-state index in [0.29, 0.717) is 5.82 Å². The number of nitrogen functional groups attached to an aromatic ring is 1. The number of pyridine rings is 1. The number of aromatic nitrogens is 2. The molecule has 0 saturated heterocycles. The molecule has 0 unspecified atom stereocenters. The maximum Gasteiger partial charge on any atom is 0.133 e. The number of thiophene rings is 1. The van der Waals surface area contributed by atoms with Crippen LogP contribution in [0, 0.1) is 0 Å². The first-order valence-electron chi connectivity index (χ1n) is 6.46. The lowest BCUT2D eigenvalue weighted by Gasteiger charge is -1.98. The summed E-state index contributed by atoms with van der Waals surface area (Å²) < 4.78 is 1.28. The Balaban J connectivity index is 1.79. The van der Waals surface area contributed by atoms with Gasteiger partial charge in [0.2, 0.25) is 0 Å². The van der Waals surface area contributed by atoms with Gasteiger partial charge in [0.05, 0.1) is 16.1 Å². The lowest BCUT2D eigenvalue weighted by atomic mass is 10.2. The summed E-state index contributed by atoms with van der Waals surface area (Å²) in [6.45, 7) is 0. The van der Waals surface area contributed by atoms with Gasteiger partial charge in [-0.3, -0.25) is 0 Å². The van der Waals surface area contributed by atoms with Gasteiger partial charge in [-0.05, 0) is 29.7 Å². The minimum absolute atomic E-state index is 0.523. The Morgan fingerprint density at radius 2 is 1.95 bits per heavy atom. The zero-order valence-corrected chi connectivity index (χ0v) is 12.6. The second-order valence-corrected chi connectivity index (χ2v) is 6.56. The Hall–Kier alpha value is -2.24. The van der Waals surface area contributed by atoms with E-state index in [0.717, 1.165) is 16.3 Å². The highest BCUT2D eigenvalue weighted by Crippen LogP contribution is 2.36. The molecule has 4 aromatic rings. The second-order valence-electron chi connectivity index (χ2n) is 4.62. The number of nitrogens with two attached hydrogens (primary N) is 1. The van der Waals surface area contributed by atoms with E-state index in [2.05, 4.69) is 40.7 Å². The smallest absolute Gasteiger partial charge is 0.133 e. The average Bonchev–Trinajstić information content (AvgIpc) is 3.14. The number of benzene rings is 1. The molecule has 1 aromatic carbocycles. The third-order valence-corrected chi connectivity index (χ3v) is 5.27. The molecular formula is C16H11N3S2. The van der Waals surface area contributed by atoms with Crippen LogP contribution in [0.4, 0.5) is 5.82 Å². The predicted molar refractivity (Wildman–Crippen MR) is 90.6 cm³/mol. The van der Waals surface area contributed by atoms with E-state index in [-0.39, 0.29) is 0 Å². The van der Waals surface area contributed by atoms with Crippen molar-refractivity contribution in [3.05, 3.63) is 54.0 Å². The van der Waals surface area contributed by atoms with Crippen LogP contribution in [-0.2, 0) is 0 Å². The average molecular weight is 309 g/mol. The Bertz CT molecular complexity index is 891. The Morgan fingerprint density at radius 3 is 2.81 bits per heavy atom. The minimum atomic E-state index is 0.523. The molecule has 0 aliphatic carbocycles. The van der Waals surface area contributed by atoms with Crippen LogP contribution >= 0.6 is 22.7 Å². The first-order chi connectivity index (χ1) is 10.3. The van der Waals surface area contributed by atoms with Gasteiger partial charge in [-0.15, -0.1) is 22.7 Å². The van der Waals surface area contributed by atoms with Gasteiger partial charge in [0.1, 0.15) is 10.8 Å². The Labute approximate surface area is 129 Å². The quantitative estimate of drug-likeness (QED) is 0.585. The molecule has 21 heavy (non-hydrogen) atoms. The highest BCUT2D eigenvalue weighted by molar-refractivity contribution is 7.22. The highest BCUT2D eigenvalue weighted by atomic mass is 32.1. The van der Waals surface area contributed by atoms with E-state index >= 15 is 0 Å². The summed E-state index contributed by atoms with van der Waals surface area (Å²) in [5.41, 5.74) is 7.82. The fourth-order valence-electron chi connectivity index (χ4n) is 2.22. The molecule has 0 amide bonds. The van der Waals surface area contributed by atoms with Crippen LogP contribution in [0.25, 0.3) is 31.2 Å². The van der Waals surface area contributed by atoms with Crippen LogP contribution in [0.15, 0.2) is 54.0 Å². The molecule has 3 nitrogen and oxygen atoms in total. The summed E-state index contributed by atoms with van der Waals surface area (Å²) >= 11 is 3.36. The molecule has 4 rings (SSSR count). The summed E-state index contributed by atoms with van der Waals surface area (Å²) in [5.74, 6) is 0.523. The van der Waals surface area contributed by atoms with Crippen molar-refractivity contribution in [2.45, 2.75) is 0 Å². The van der Waals surface area contributed by atoms with E-state index in [9.17, 15) is 0 Å². The van der Waals surface area contributed by atoms with Gasteiger partial charge in [0.15, 0.2) is 0 Å². The molecule has 0 atom stereocenters. The van der Waals surface area contributed by atoms with E-state index in [1.165, 1.54) is 15.0 Å². The van der Waals surface area contributed by atoms with Crippen molar-refractivity contribution in [1.29, 1.82) is 0 Å². The van der Waals surface area contributed by atoms with Crippen molar-refractivity contribution < 1.29 is 0 Å². The topological polar surface area (TPSA) is 51.8 Å². The number of rotatable bonds is 2. The minimum Gasteiger partial charge on any atom is -0.383 e. The summed E-state index contributed by atoms with van der Waals surface area (Å²) in [7, 11) is 0. The largest absolute Gasteiger partial charge is 0.383 e. The van der Waals surface area contributed by atoms with Gasteiger partial charge in [-0.1, -0.05) is 18.2 Å². The van der Waals surface area contributed by atoms with E-state index < -0.39 is 0 Å². The van der Waals surface area contributed by atoms with Crippen LogP contribution in [0.1, 0.15) is 0 Å². The van der Waals surface area contributed by atoms with Crippen molar-refractivity contribution in [3.8, 4) is 21.1 Å². The van der Waals surface area contributed by atoms with Crippen LogP contribution in [0.2, 0.25) is 0 Å². The molecule has 0 aliphatic heterocycles. The third-order valence-electron chi connectivity index (χ3n) is 3.25. The molecule has 0 spiro atoms. The maximum atomic E-state index is 5.92. The lowest BCUT2D eigenvalue weighted by molar-refractivity contribution is 1.32. The fourth-order valence-corrected chi connectivity index (χ4v) is 4.17. The van der Waals surface area contributed by atoms with E-state index in [4.69, 9.17) is 10.7 Å². The van der Waals surface area contributed by atoms with E-state index in [1.54, 1.807) is 28.9 Å². The number of nitrogens with zero attached hydrogens (tertiary/aromatic N) is 2. The molecule has 3 aromatic heterocycles. The SMILES string of the molecule is Nc1ncccc1-c1nc(-c2cc3ccccc3s2)cs1. The predicted octanol–water partition coefficient (Wildman–Crippen LogP) is 4.67. The second kappa shape index (κ2) is 4.95. The van der Waals surface area contributed by atoms with Gasteiger partial charge in [0.25, 0.3) is 0 Å². The molecule has 0 radical (unpaired) electrons. The van der Waals surface area contributed by atoms with Gasteiger partial charge >= 0.3 is 0 Å². The molecule has 102 valence electrons. The van der Waals surface area contributed by atoms with Gasteiger partial charge < -0.3 is 5.73 Å². The zero-order valence-electron chi connectivity index (χ0n) is 11.0. The van der Waals surface area contributed by atoms with Crippen LogP contribution in [-0.4, -0.2) is 9.97 Å². The first-order valence-corrected chi connectivity index (χ1v) is 8.16. The van der Waals surface area contributed by atoms with Crippen LogP contribution in [0.3, 0.4) is 0 Å². The number of hydrogen-bond donors (Lipinski definition) is 1. The van der Waals surface area contributed by atoms with Crippen LogP contribution in [0.5, 0.6) is 0 Å². The van der Waals surface area contributed by atoms with Gasteiger partial charge in [0, 0.05) is 16.3 Å². The number of fused-ring (bicyclic) bond motifs is 1. The van der Waals surface area contributed by atoms with Crippen molar-refractivity contribution in [3.63, 3.8) is 0 Å². The molecule has 0 fully saturated rings. The summed E-state index contributed by atoms with van der Waals surface area (Å²) in [5, 5.41) is 4.24. The molecule has 3 heterocycles. The van der Waals surface area contributed by atoms with E-state index in [1.807, 2.05) is 12.1 Å². The maximum absolute atomic E-state index is 5.92. The number of thiazole rings is 1. The van der Waals surface area contributed by atoms with Crippen LogP contribution < -0.4 is 5.73 Å². The number of anilines is 1. The number of hydrogen-bond acceptors (Lipinski definition) is 5. The molecule has 2 N–H and O–H groups in total. The summed E-state index contributed by atoms with van der Waals surface area (Å²) in [6.07, 6.45) is 1.69. The molecule has 0 bridgehead atoms. The van der Waals surface area contributed by atoms with Crippen molar-refractivity contribution >= 4 is 38.6 Å². The monoisotopic (exact) mass is 309 g/mol. The van der Waals surface area contributed by atoms with Crippen molar-refractivity contribution in [2.75, 3.05) is 5.73 Å². The third kappa shape index (κ3) is 2.20. The van der Waals surface area contributed by atoms with Crippen molar-refractivity contribution in [1.82, 2.24) is 9.97 Å². The zero-order chi connectivity index (χ0) is 14.2. The Kier molecular flexibility index (Phi) is 2.94.